The van der Waals surface area contributed by atoms with Gasteiger partial charge in [-0.15, -0.1) is 0 Å². The summed E-state index contributed by atoms with van der Waals surface area (Å²) in [6.07, 6.45) is -0.253. The van der Waals surface area contributed by atoms with Crippen LogP contribution in [0.3, 0.4) is 0 Å². The zero-order valence-corrected chi connectivity index (χ0v) is 12.1. The van der Waals surface area contributed by atoms with Gasteiger partial charge in [0.15, 0.2) is 0 Å². The van der Waals surface area contributed by atoms with Crippen LogP contribution in [0.15, 0.2) is 24.3 Å². The highest BCUT2D eigenvalue weighted by Crippen LogP contribution is 2.21. The van der Waals surface area contributed by atoms with E-state index in [1.807, 2.05) is 0 Å². The van der Waals surface area contributed by atoms with Crippen molar-refractivity contribution in [2.24, 2.45) is 5.92 Å². The number of likely N-dealkylation sites (tertiary alicyclic amines) is 1. The van der Waals surface area contributed by atoms with Gasteiger partial charge in [0.25, 0.3) is 0 Å². The molecule has 2 N–H and O–H groups in total. The number of β-amino-alcohol motifs (C(OH)–C–C–N with tert-alkyl or cyclic N) is 1. The van der Waals surface area contributed by atoms with Crippen molar-refractivity contribution in [3.05, 3.63) is 35.4 Å². The van der Waals surface area contributed by atoms with Crippen LogP contribution in [0.5, 0.6) is 0 Å². The van der Waals surface area contributed by atoms with E-state index in [1.54, 1.807) is 0 Å². The van der Waals surface area contributed by atoms with E-state index in [1.165, 1.54) is 11.1 Å². The number of aliphatic hydroxyl groups is 1. The highest BCUT2D eigenvalue weighted by molar-refractivity contribution is 5.70. The lowest BCUT2D eigenvalue weighted by molar-refractivity contribution is -0.148. The molecular weight excluding hydrogens is 254 g/mol. The molecule has 0 aromatic heterocycles. The van der Waals surface area contributed by atoms with Crippen molar-refractivity contribution in [2.75, 3.05) is 13.1 Å². The molecule has 0 aliphatic carbocycles. The predicted molar refractivity (Wildman–Crippen MR) is 77.6 cm³/mol. The molecule has 1 aliphatic heterocycles. The number of carbonyl (C=O) groups is 1. The SMILES string of the molecule is CC(C)c1ccc(CN2CC[C@H](C(=O)O)[C@H](O)C2)cc1. The average Bonchev–Trinajstić information content (AvgIpc) is 2.39. The van der Waals surface area contributed by atoms with E-state index in [0.29, 0.717) is 18.9 Å². The molecule has 0 spiro atoms. The quantitative estimate of drug-likeness (QED) is 0.884. The molecule has 110 valence electrons. The van der Waals surface area contributed by atoms with Crippen molar-refractivity contribution in [3.8, 4) is 0 Å². The van der Waals surface area contributed by atoms with Gasteiger partial charge in [-0.2, -0.15) is 0 Å². The van der Waals surface area contributed by atoms with E-state index in [-0.39, 0.29) is 0 Å². The maximum absolute atomic E-state index is 11.0. The van der Waals surface area contributed by atoms with E-state index in [4.69, 9.17) is 5.11 Å². The summed E-state index contributed by atoms with van der Waals surface area (Å²) in [7, 11) is 0. The van der Waals surface area contributed by atoms with E-state index in [2.05, 4.69) is 43.0 Å². The van der Waals surface area contributed by atoms with Crippen LogP contribution in [0.25, 0.3) is 0 Å². The Balaban J connectivity index is 1.93. The number of rotatable bonds is 4. The van der Waals surface area contributed by atoms with Crippen LogP contribution in [-0.2, 0) is 11.3 Å². The summed E-state index contributed by atoms with van der Waals surface area (Å²) in [4.78, 5) is 13.1. The van der Waals surface area contributed by atoms with Crippen molar-refractivity contribution >= 4 is 5.97 Å². The second-order valence-corrected chi connectivity index (χ2v) is 5.93. The number of aliphatic hydroxyl groups excluding tert-OH is 1. The van der Waals surface area contributed by atoms with Crippen LogP contribution in [0, 0.1) is 5.92 Å². The summed E-state index contributed by atoms with van der Waals surface area (Å²) < 4.78 is 0. The molecule has 1 saturated heterocycles. The third kappa shape index (κ3) is 3.58. The lowest BCUT2D eigenvalue weighted by Gasteiger charge is -2.33. The van der Waals surface area contributed by atoms with Gasteiger partial charge >= 0.3 is 5.97 Å². The van der Waals surface area contributed by atoms with Gasteiger partial charge in [-0.1, -0.05) is 38.1 Å². The maximum atomic E-state index is 11.0. The van der Waals surface area contributed by atoms with Crippen molar-refractivity contribution in [2.45, 2.75) is 38.8 Å². The Bertz CT molecular complexity index is 455. The number of benzene rings is 1. The fourth-order valence-corrected chi connectivity index (χ4v) is 2.69. The van der Waals surface area contributed by atoms with Crippen LogP contribution >= 0.6 is 0 Å². The number of hydrogen-bond donors (Lipinski definition) is 2. The summed E-state index contributed by atoms with van der Waals surface area (Å²) in [5, 5.41) is 18.9. The van der Waals surface area contributed by atoms with Gasteiger partial charge in [-0.3, -0.25) is 9.69 Å². The number of carboxylic acids is 1. The molecule has 0 saturated carbocycles. The van der Waals surface area contributed by atoms with E-state index < -0.39 is 18.0 Å². The molecule has 2 atom stereocenters. The van der Waals surface area contributed by atoms with Gasteiger partial charge in [-0.05, 0) is 30.0 Å². The maximum Gasteiger partial charge on any atom is 0.309 e. The lowest BCUT2D eigenvalue weighted by atomic mass is 9.93. The number of carboxylic acid groups (broad SMARTS) is 1. The lowest BCUT2D eigenvalue weighted by Crippen LogP contribution is -2.46. The molecule has 0 radical (unpaired) electrons. The molecule has 1 aromatic carbocycles. The van der Waals surface area contributed by atoms with Crippen LogP contribution in [0.1, 0.15) is 37.3 Å². The molecule has 1 heterocycles. The largest absolute Gasteiger partial charge is 0.481 e. The summed E-state index contributed by atoms with van der Waals surface area (Å²) in [5.41, 5.74) is 2.52. The van der Waals surface area contributed by atoms with E-state index >= 15 is 0 Å². The molecule has 1 aromatic rings. The number of piperidine rings is 1. The Morgan fingerprint density at radius 2 is 2.00 bits per heavy atom. The number of hydrogen-bond acceptors (Lipinski definition) is 3. The standard InChI is InChI=1S/C16H23NO3/c1-11(2)13-5-3-12(4-6-13)9-17-8-7-14(16(19)20)15(18)10-17/h3-6,11,14-15,18H,7-10H2,1-2H3,(H,19,20)/t14-,15+/m0/s1. The van der Waals surface area contributed by atoms with E-state index in [0.717, 1.165) is 13.1 Å². The summed E-state index contributed by atoms with van der Waals surface area (Å²) >= 11 is 0. The molecule has 1 fully saturated rings. The predicted octanol–water partition coefficient (Wildman–Crippen LogP) is 2.08. The normalized spacial score (nSPS) is 24.0. The first-order valence-electron chi connectivity index (χ1n) is 7.19. The molecule has 20 heavy (non-hydrogen) atoms. The third-order valence-corrected chi connectivity index (χ3v) is 4.04. The molecule has 4 heteroatoms. The number of nitrogens with zero attached hydrogens (tertiary/aromatic N) is 1. The summed E-state index contributed by atoms with van der Waals surface area (Å²) in [6, 6.07) is 8.51. The zero-order chi connectivity index (χ0) is 14.7. The van der Waals surface area contributed by atoms with Gasteiger partial charge in [0, 0.05) is 13.1 Å². The molecule has 0 bridgehead atoms. The van der Waals surface area contributed by atoms with Gasteiger partial charge in [0.05, 0.1) is 12.0 Å². The Kier molecular flexibility index (Phi) is 4.78. The summed E-state index contributed by atoms with van der Waals surface area (Å²) in [5.74, 6) is -0.981. The van der Waals surface area contributed by atoms with Crippen LogP contribution in [0.4, 0.5) is 0 Å². The smallest absolute Gasteiger partial charge is 0.309 e. The van der Waals surface area contributed by atoms with Gasteiger partial charge < -0.3 is 10.2 Å². The fourth-order valence-electron chi connectivity index (χ4n) is 2.69. The van der Waals surface area contributed by atoms with E-state index in [9.17, 15) is 9.90 Å². The minimum absolute atomic E-state index is 0.433. The zero-order valence-electron chi connectivity index (χ0n) is 12.1. The first-order chi connectivity index (χ1) is 9.47. The monoisotopic (exact) mass is 277 g/mol. The average molecular weight is 277 g/mol. The molecule has 4 nitrogen and oxygen atoms in total. The Hall–Kier alpha value is -1.39. The van der Waals surface area contributed by atoms with Gasteiger partial charge in [-0.25, -0.2) is 0 Å². The molecule has 2 rings (SSSR count). The highest BCUT2D eigenvalue weighted by Gasteiger charge is 2.32. The summed E-state index contributed by atoms with van der Waals surface area (Å²) in [6.45, 7) is 6.26. The minimum Gasteiger partial charge on any atom is -0.481 e. The van der Waals surface area contributed by atoms with Crippen molar-refractivity contribution in [3.63, 3.8) is 0 Å². The Morgan fingerprint density at radius 1 is 1.35 bits per heavy atom. The number of aliphatic carboxylic acids is 1. The van der Waals surface area contributed by atoms with Crippen molar-refractivity contribution in [1.82, 2.24) is 4.90 Å². The molecule has 0 amide bonds. The van der Waals surface area contributed by atoms with Crippen LogP contribution in [0.2, 0.25) is 0 Å². The topological polar surface area (TPSA) is 60.8 Å². The third-order valence-electron chi connectivity index (χ3n) is 4.04. The molecule has 0 unspecified atom stereocenters. The second-order valence-electron chi connectivity index (χ2n) is 5.93. The van der Waals surface area contributed by atoms with Crippen LogP contribution in [-0.4, -0.2) is 40.3 Å². The first-order valence-corrected chi connectivity index (χ1v) is 7.19. The molecular formula is C16H23NO3. The Labute approximate surface area is 120 Å². The van der Waals surface area contributed by atoms with Crippen LogP contribution < -0.4 is 0 Å². The first kappa shape index (κ1) is 15.0. The van der Waals surface area contributed by atoms with Crippen molar-refractivity contribution < 1.29 is 15.0 Å². The van der Waals surface area contributed by atoms with Gasteiger partial charge in [0.2, 0.25) is 0 Å². The second kappa shape index (κ2) is 6.37. The van der Waals surface area contributed by atoms with Gasteiger partial charge in [0.1, 0.15) is 0 Å². The Morgan fingerprint density at radius 3 is 2.50 bits per heavy atom. The molecule has 1 aliphatic rings. The highest BCUT2D eigenvalue weighted by atomic mass is 16.4. The minimum atomic E-state index is -0.890. The fraction of sp³-hybridized carbons (Fsp3) is 0.562. The van der Waals surface area contributed by atoms with Crippen molar-refractivity contribution in [1.29, 1.82) is 0 Å².